The Morgan fingerprint density at radius 3 is 2.79 bits per heavy atom. The summed E-state index contributed by atoms with van der Waals surface area (Å²) in [5.41, 5.74) is 7.93. The van der Waals surface area contributed by atoms with Gasteiger partial charge in [0.1, 0.15) is 0 Å². The van der Waals surface area contributed by atoms with Crippen LogP contribution in [0.2, 0.25) is 0 Å². The van der Waals surface area contributed by atoms with Crippen molar-refractivity contribution in [3.8, 4) is 0 Å². The van der Waals surface area contributed by atoms with E-state index in [1.807, 2.05) is 36.9 Å². The summed E-state index contributed by atoms with van der Waals surface area (Å²) in [4.78, 5) is 28.9. The largest absolute Gasteiger partial charge is 0.340 e. The summed E-state index contributed by atoms with van der Waals surface area (Å²) >= 11 is 3.48. The molecule has 0 aromatic heterocycles. The van der Waals surface area contributed by atoms with E-state index >= 15 is 0 Å². The van der Waals surface area contributed by atoms with Crippen LogP contribution in [-0.4, -0.2) is 41.9 Å². The van der Waals surface area contributed by atoms with Crippen LogP contribution < -0.4 is 10.6 Å². The Bertz CT molecular complexity index is 664. The van der Waals surface area contributed by atoms with Crippen LogP contribution >= 0.6 is 15.9 Å². The highest BCUT2D eigenvalue weighted by atomic mass is 79.9. The van der Waals surface area contributed by atoms with E-state index in [2.05, 4.69) is 15.9 Å². The minimum absolute atomic E-state index is 0.0245. The molecule has 0 radical (unpaired) electrons. The smallest absolute Gasteiger partial charge is 0.228 e. The first kappa shape index (κ1) is 17.4. The molecule has 6 heteroatoms. The molecule has 2 N–H and O–H groups in total. The van der Waals surface area contributed by atoms with E-state index in [0.29, 0.717) is 19.5 Å². The molecule has 0 bridgehead atoms. The summed E-state index contributed by atoms with van der Waals surface area (Å²) < 4.78 is 1.02. The zero-order valence-electron chi connectivity index (χ0n) is 14.2. The number of hydrogen-bond acceptors (Lipinski definition) is 3. The maximum atomic E-state index is 12.9. The fraction of sp³-hybridized carbons (Fsp3) is 0.556. The second-order valence-electron chi connectivity index (χ2n) is 7.00. The lowest BCUT2D eigenvalue weighted by molar-refractivity contribution is -0.139. The van der Waals surface area contributed by atoms with Gasteiger partial charge < -0.3 is 15.5 Å². The number of likely N-dealkylation sites (tertiary alicyclic amines) is 1. The van der Waals surface area contributed by atoms with Gasteiger partial charge in [0.2, 0.25) is 11.8 Å². The molecule has 2 aliphatic rings. The highest BCUT2D eigenvalue weighted by molar-refractivity contribution is 9.10. The maximum Gasteiger partial charge on any atom is 0.228 e. The highest BCUT2D eigenvalue weighted by Gasteiger charge is 2.39. The van der Waals surface area contributed by atoms with Crippen molar-refractivity contribution in [2.24, 2.45) is 11.7 Å². The number of nitrogens with two attached hydrogens (primary N) is 1. The zero-order valence-corrected chi connectivity index (χ0v) is 15.8. The summed E-state index contributed by atoms with van der Waals surface area (Å²) in [7, 11) is 0. The highest BCUT2D eigenvalue weighted by Crippen LogP contribution is 2.30. The van der Waals surface area contributed by atoms with Crippen LogP contribution in [0.25, 0.3) is 0 Å². The molecule has 2 saturated heterocycles. The number of piperidine rings is 1. The van der Waals surface area contributed by atoms with E-state index in [0.717, 1.165) is 28.6 Å². The quantitative estimate of drug-likeness (QED) is 0.838. The van der Waals surface area contributed by atoms with Crippen LogP contribution in [0.3, 0.4) is 0 Å². The number of anilines is 1. The Morgan fingerprint density at radius 1 is 1.38 bits per heavy atom. The molecule has 0 saturated carbocycles. The molecule has 130 valence electrons. The summed E-state index contributed by atoms with van der Waals surface area (Å²) in [6, 6.07) is 6.18. The van der Waals surface area contributed by atoms with E-state index in [4.69, 9.17) is 5.73 Å². The lowest BCUT2D eigenvalue weighted by atomic mass is 9.96. The third-order valence-electron chi connectivity index (χ3n) is 5.13. The molecule has 1 aromatic rings. The van der Waals surface area contributed by atoms with Gasteiger partial charge in [-0.15, -0.1) is 0 Å². The standard InChI is InChI=1S/C18H24BrN3O2/c1-11-7-15(3-4-16(11)19)22-10-13(9-17(22)23)18(24)21-6-5-14(20)8-12(21)2/h3-4,7,12-14H,5-6,8-10,20H2,1-2H3. The van der Waals surface area contributed by atoms with Gasteiger partial charge in [-0.25, -0.2) is 0 Å². The molecule has 2 fully saturated rings. The third-order valence-corrected chi connectivity index (χ3v) is 6.02. The van der Waals surface area contributed by atoms with Gasteiger partial charge in [-0.1, -0.05) is 15.9 Å². The van der Waals surface area contributed by atoms with Crippen molar-refractivity contribution in [2.75, 3.05) is 18.0 Å². The van der Waals surface area contributed by atoms with Crippen molar-refractivity contribution in [3.63, 3.8) is 0 Å². The number of benzene rings is 1. The number of halogens is 1. The minimum Gasteiger partial charge on any atom is -0.340 e. The molecule has 2 amide bonds. The Balaban J connectivity index is 1.72. The van der Waals surface area contributed by atoms with Crippen LogP contribution in [0.1, 0.15) is 31.7 Å². The average Bonchev–Trinajstić information content (AvgIpc) is 2.91. The first-order valence-electron chi connectivity index (χ1n) is 8.49. The van der Waals surface area contributed by atoms with E-state index in [-0.39, 0.29) is 29.8 Å². The van der Waals surface area contributed by atoms with Crippen molar-refractivity contribution >= 4 is 33.4 Å². The average molecular weight is 394 g/mol. The second-order valence-corrected chi connectivity index (χ2v) is 7.86. The SMILES string of the molecule is Cc1cc(N2CC(C(=O)N3CCC(N)CC3C)CC2=O)ccc1Br. The van der Waals surface area contributed by atoms with Crippen LogP contribution in [0.15, 0.2) is 22.7 Å². The molecule has 3 unspecified atom stereocenters. The first-order chi connectivity index (χ1) is 11.4. The Morgan fingerprint density at radius 2 is 2.12 bits per heavy atom. The van der Waals surface area contributed by atoms with E-state index in [1.54, 1.807) is 4.90 Å². The molecule has 24 heavy (non-hydrogen) atoms. The van der Waals surface area contributed by atoms with E-state index < -0.39 is 0 Å². The molecule has 2 aliphatic heterocycles. The predicted octanol–water partition coefficient (Wildman–Crippen LogP) is 2.45. The van der Waals surface area contributed by atoms with Crippen molar-refractivity contribution in [2.45, 2.75) is 45.2 Å². The molecular weight excluding hydrogens is 370 g/mol. The fourth-order valence-electron chi connectivity index (χ4n) is 3.69. The fourth-order valence-corrected chi connectivity index (χ4v) is 3.94. The first-order valence-corrected chi connectivity index (χ1v) is 9.28. The van der Waals surface area contributed by atoms with Gasteiger partial charge in [-0.3, -0.25) is 9.59 Å². The van der Waals surface area contributed by atoms with Crippen molar-refractivity contribution in [3.05, 3.63) is 28.2 Å². The third kappa shape index (κ3) is 3.35. The molecule has 3 atom stereocenters. The zero-order chi connectivity index (χ0) is 17.4. The van der Waals surface area contributed by atoms with E-state index in [9.17, 15) is 9.59 Å². The molecule has 0 aliphatic carbocycles. The minimum atomic E-state index is -0.252. The Labute approximate surface area is 151 Å². The number of carbonyl (C=O) groups excluding carboxylic acids is 2. The van der Waals surface area contributed by atoms with Gasteiger partial charge in [-0.2, -0.15) is 0 Å². The number of hydrogen-bond donors (Lipinski definition) is 1. The predicted molar refractivity (Wildman–Crippen MR) is 97.7 cm³/mol. The van der Waals surface area contributed by atoms with Gasteiger partial charge in [0, 0.05) is 41.8 Å². The van der Waals surface area contributed by atoms with Gasteiger partial charge in [0.15, 0.2) is 0 Å². The lowest BCUT2D eigenvalue weighted by Crippen LogP contribution is -2.50. The van der Waals surface area contributed by atoms with Crippen LogP contribution in [-0.2, 0) is 9.59 Å². The van der Waals surface area contributed by atoms with Gasteiger partial charge in [0.25, 0.3) is 0 Å². The molecule has 0 spiro atoms. The lowest BCUT2D eigenvalue weighted by Gasteiger charge is -2.37. The van der Waals surface area contributed by atoms with Gasteiger partial charge in [-0.05, 0) is 50.5 Å². The summed E-state index contributed by atoms with van der Waals surface area (Å²) in [6.07, 6.45) is 1.97. The summed E-state index contributed by atoms with van der Waals surface area (Å²) in [6.45, 7) is 5.20. The molecule has 3 rings (SSSR count). The van der Waals surface area contributed by atoms with Crippen LogP contribution in [0, 0.1) is 12.8 Å². The van der Waals surface area contributed by atoms with Crippen LogP contribution in [0.5, 0.6) is 0 Å². The number of aryl methyl sites for hydroxylation is 1. The monoisotopic (exact) mass is 393 g/mol. The number of carbonyl (C=O) groups is 2. The number of rotatable bonds is 2. The van der Waals surface area contributed by atoms with Gasteiger partial charge >= 0.3 is 0 Å². The van der Waals surface area contributed by atoms with Crippen molar-refractivity contribution < 1.29 is 9.59 Å². The van der Waals surface area contributed by atoms with Gasteiger partial charge in [0.05, 0.1) is 5.92 Å². The van der Waals surface area contributed by atoms with Crippen LogP contribution in [0.4, 0.5) is 5.69 Å². The number of amides is 2. The second kappa shape index (κ2) is 6.84. The van der Waals surface area contributed by atoms with Crippen molar-refractivity contribution in [1.29, 1.82) is 0 Å². The molecule has 1 aromatic carbocycles. The Hall–Kier alpha value is -1.40. The normalized spacial score (nSPS) is 27.7. The topological polar surface area (TPSA) is 66.6 Å². The van der Waals surface area contributed by atoms with Crippen molar-refractivity contribution in [1.82, 2.24) is 4.90 Å². The number of nitrogens with zero attached hydrogens (tertiary/aromatic N) is 2. The summed E-state index contributed by atoms with van der Waals surface area (Å²) in [5.74, 6) is -0.131. The summed E-state index contributed by atoms with van der Waals surface area (Å²) in [5, 5.41) is 0. The maximum absolute atomic E-state index is 12.9. The molecule has 2 heterocycles. The van der Waals surface area contributed by atoms with E-state index in [1.165, 1.54) is 0 Å². The molecule has 5 nitrogen and oxygen atoms in total. The molecular formula is C18H24BrN3O2. The Kier molecular flexibility index (Phi) is 4.97.